The number of aliphatic hydroxyl groups excluding tert-OH is 1. The Hall–Kier alpha value is -2.75. The largest absolute Gasteiger partial charge is 0.449 e. The molecule has 1 aromatic carbocycles. The number of sulfonamides is 1. The predicted octanol–water partition coefficient (Wildman–Crippen LogP) is 1.90. The Morgan fingerprint density at radius 3 is 2.79 bits per heavy atom. The van der Waals surface area contributed by atoms with Crippen molar-refractivity contribution < 1.29 is 22.7 Å². The summed E-state index contributed by atoms with van der Waals surface area (Å²) in [4.78, 5) is 16.4. The molecular weight excluding hydrogens is 394 g/mol. The van der Waals surface area contributed by atoms with Gasteiger partial charge in [0.2, 0.25) is 10.0 Å². The maximum atomic E-state index is 12.7. The molecule has 2 aromatic heterocycles. The summed E-state index contributed by atoms with van der Waals surface area (Å²) in [6.45, 7) is 0.758. The molecule has 1 fully saturated rings. The first-order valence-electron chi connectivity index (χ1n) is 9.32. The Morgan fingerprint density at radius 2 is 2.07 bits per heavy atom. The molecule has 3 aromatic rings. The van der Waals surface area contributed by atoms with Crippen LogP contribution in [0.4, 0.5) is 0 Å². The molecule has 0 bridgehead atoms. The van der Waals surface area contributed by atoms with Crippen LogP contribution in [-0.4, -0.2) is 47.9 Å². The van der Waals surface area contributed by atoms with Gasteiger partial charge < -0.3 is 14.8 Å². The summed E-state index contributed by atoms with van der Waals surface area (Å²) in [5, 5.41) is 13.3. The van der Waals surface area contributed by atoms with Crippen molar-refractivity contribution in [2.75, 3.05) is 13.1 Å². The third-order valence-corrected chi connectivity index (χ3v) is 6.80. The minimum atomic E-state index is -3.64. The van der Waals surface area contributed by atoms with Gasteiger partial charge in [0.25, 0.3) is 5.91 Å². The topological polar surface area (TPSA) is 113 Å². The van der Waals surface area contributed by atoms with Gasteiger partial charge in [-0.25, -0.2) is 8.42 Å². The number of piperidine rings is 1. The first-order chi connectivity index (χ1) is 13.9. The smallest absolute Gasteiger partial charge is 0.287 e. The number of carbonyl (C=O) groups excluding carboxylic acids is 1. The van der Waals surface area contributed by atoms with E-state index in [1.807, 2.05) is 0 Å². The highest BCUT2D eigenvalue weighted by Gasteiger charge is 2.29. The number of fused-ring (bicyclic) bond motifs is 1. The summed E-state index contributed by atoms with van der Waals surface area (Å²) >= 11 is 0. The van der Waals surface area contributed by atoms with Crippen LogP contribution >= 0.6 is 0 Å². The highest BCUT2D eigenvalue weighted by molar-refractivity contribution is 7.89. The molecule has 1 atom stereocenters. The second-order valence-electron chi connectivity index (χ2n) is 7.01. The van der Waals surface area contributed by atoms with E-state index >= 15 is 0 Å². The second kappa shape index (κ2) is 7.94. The Morgan fingerprint density at radius 1 is 1.28 bits per heavy atom. The number of hydrogen-bond donors (Lipinski definition) is 2. The minimum absolute atomic E-state index is 0.118. The Bertz CT molecular complexity index is 1090. The van der Waals surface area contributed by atoms with Crippen LogP contribution in [0, 0.1) is 0 Å². The normalized spacial score (nSPS) is 18.0. The highest BCUT2D eigenvalue weighted by Crippen LogP contribution is 2.21. The fraction of sp³-hybridized carbons (Fsp3) is 0.300. The number of hydrogen-bond acceptors (Lipinski definition) is 6. The van der Waals surface area contributed by atoms with E-state index in [0.29, 0.717) is 25.0 Å². The number of aliphatic hydroxyl groups is 1. The van der Waals surface area contributed by atoms with Gasteiger partial charge in [-0.05, 0) is 42.7 Å². The molecule has 1 aliphatic rings. The van der Waals surface area contributed by atoms with Gasteiger partial charge in [-0.1, -0.05) is 12.1 Å². The van der Waals surface area contributed by atoms with Crippen molar-refractivity contribution in [2.45, 2.75) is 30.4 Å². The van der Waals surface area contributed by atoms with Gasteiger partial charge in [-0.2, -0.15) is 4.31 Å². The van der Waals surface area contributed by atoms with Crippen molar-refractivity contribution in [2.24, 2.45) is 0 Å². The number of aromatic nitrogens is 1. The molecular formula is C20H21N3O5S. The second-order valence-corrected chi connectivity index (χ2v) is 8.95. The molecule has 0 saturated carbocycles. The Balaban J connectivity index is 1.41. The van der Waals surface area contributed by atoms with E-state index in [2.05, 4.69) is 10.3 Å². The van der Waals surface area contributed by atoms with E-state index in [4.69, 9.17) is 4.42 Å². The van der Waals surface area contributed by atoms with Crippen LogP contribution in [-0.2, 0) is 16.6 Å². The molecule has 1 amide bonds. The monoisotopic (exact) mass is 415 g/mol. The standard InChI is InChI=1S/C20H21N3O5S/c24-16-2-1-9-23(13-16)29(26,27)17-5-3-14(4-6-17)11-22-20(25)18-10-15-7-8-21-12-19(15)28-18/h3-8,10,12,16,24H,1-2,9,11,13H2,(H,22,25)/t16-/m0/s1. The van der Waals surface area contributed by atoms with E-state index < -0.39 is 16.1 Å². The van der Waals surface area contributed by atoms with Crippen LogP contribution in [0.5, 0.6) is 0 Å². The molecule has 9 heteroatoms. The number of carbonyl (C=O) groups is 1. The number of benzene rings is 1. The summed E-state index contributed by atoms with van der Waals surface area (Å²) < 4.78 is 32.2. The lowest BCUT2D eigenvalue weighted by Gasteiger charge is -2.29. The third-order valence-electron chi connectivity index (χ3n) is 4.92. The number of furan rings is 1. The van der Waals surface area contributed by atoms with E-state index in [0.717, 1.165) is 10.9 Å². The van der Waals surface area contributed by atoms with E-state index in [1.165, 1.54) is 16.4 Å². The molecule has 0 radical (unpaired) electrons. The summed E-state index contributed by atoms with van der Waals surface area (Å²) in [6.07, 6.45) is 3.81. The van der Waals surface area contributed by atoms with Crippen LogP contribution < -0.4 is 5.32 Å². The maximum absolute atomic E-state index is 12.7. The molecule has 8 nitrogen and oxygen atoms in total. The van der Waals surface area contributed by atoms with E-state index in [1.54, 1.807) is 36.7 Å². The lowest BCUT2D eigenvalue weighted by Crippen LogP contribution is -2.42. The fourth-order valence-corrected chi connectivity index (χ4v) is 4.85. The van der Waals surface area contributed by atoms with Gasteiger partial charge in [0.05, 0.1) is 17.2 Å². The zero-order chi connectivity index (χ0) is 20.4. The summed E-state index contributed by atoms with van der Waals surface area (Å²) in [5.74, 6) is -0.170. The van der Waals surface area contributed by atoms with E-state index in [9.17, 15) is 18.3 Å². The lowest BCUT2D eigenvalue weighted by molar-refractivity contribution is 0.0925. The van der Waals surface area contributed by atoms with Gasteiger partial charge >= 0.3 is 0 Å². The average molecular weight is 415 g/mol. The first kappa shape index (κ1) is 19.6. The predicted molar refractivity (Wildman–Crippen MR) is 106 cm³/mol. The van der Waals surface area contributed by atoms with Gasteiger partial charge in [-0.15, -0.1) is 0 Å². The Kier molecular flexibility index (Phi) is 5.35. The maximum Gasteiger partial charge on any atom is 0.287 e. The van der Waals surface area contributed by atoms with E-state index in [-0.39, 0.29) is 29.7 Å². The molecule has 4 rings (SSSR count). The summed E-state index contributed by atoms with van der Waals surface area (Å²) in [6, 6.07) is 9.77. The quantitative estimate of drug-likeness (QED) is 0.658. The zero-order valence-electron chi connectivity index (χ0n) is 15.6. The number of amides is 1. The zero-order valence-corrected chi connectivity index (χ0v) is 16.4. The molecule has 0 unspecified atom stereocenters. The molecule has 0 spiro atoms. The summed E-state index contributed by atoms with van der Waals surface area (Å²) in [7, 11) is -3.64. The number of β-amino-alcohol motifs (C(OH)–C–C–N with tert-alkyl or cyclic N) is 1. The van der Waals surface area contributed by atoms with Crippen molar-refractivity contribution >= 4 is 26.9 Å². The van der Waals surface area contributed by atoms with Gasteiger partial charge in [-0.3, -0.25) is 9.78 Å². The van der Waals surface area contributed by atoms with Crippen LogP contribution in [0.15, 0.2) is 58.1 Å². The van der Waals surface area contributed by atoms with Crippen molar-refractivity contribution in [3.05, 3.63) is 60.1 Å². The fourth-order valence-electron chi connectivity index (χ4n) is 3.33. The highest BCUT2D eigenvalue weighted by atomic mass is 32.2. The molecule has 29 heavy (non-hydrogen) atoms. The lowest BCUT2D eigenvalue weighted by atomic mass is 10.1. The first-order valence-corrected chi connectivity index (χ1v) is 10.8. The van der Waals surface area contributed by atoms with Gasteiger partial charge in [0, 0.05) is 31.2 Å². The minimum Gasteiger partial charge on any atom is -0.449 e. The average Bonchev–Trinajstić information content (AvgIpc) is 3.17. The number of nitrogens with one attached hydrogen (secondary N) is 1. The van der Waals surface area contributed by atoms with Crippen LogP contribution in [0.3, 0.4) is 0 Å². The number of nitrogens with zero attached hydrogens (tertiary/aromatic N) is 2. The summed E-state index contributed by atoms with van der Waals surface area (Å²) in [5.41, 5.74) is 1.30. The third kappa shape index (κ3) is 4.16. The van der Waals surface area contributed by atoms with Crippen molar-refractivity contribution in [1.82, 2.24) is 14.6 Å². The van der Waals surface area contributed by atoms with Gasteiger partial charge in [0.15, 0.2) is 11.3 Å². The molecule has 2 N–H and O–H groups in total. The molecule has 3 heterocycles. The Labute approximate surface area is 168 Å². The van der Waals surface area contributed by atoms with Crippen LogP contribution in [0.2, 0.25) is 0 Å². The van der Waals surface area contributed by atoms with Crippen LogP contribution in [0.1, 0.15) is 29.0 Å². The SMILES string of the molecule is O=C(NCc1ccc(S(=O)(=O)N2CCC[C@H](O)C2)cc1)c1cc2ccncc2o1. The van der Waals surface area contributed by atoms with Crippen molar-refractivity contribution in [3.63, 3.8) is 0 Å². The van der Waals surface area contributed by atoms with Crippen molar-refractivity contribution in [1.29, 1.82) is 0 Å². The number of rotatable bonds is 5. The van der Waals surface area contributed by atoms with Gasteiger partial charge in [0.1, 0.15) is 0 Å². The number of pyridine rings is 1. The molecule has 1 aliphatic heterocycles. The molecule has 1 saturated heterocycles. The van der Waals surface area contributed by atoms with Crippen LogP contribution in [0.25, 0.3) is 11.0 Å². The molecule has 152 valence electrons. The molecule has 0 aliphatic carbocycles. The van der Waals surface area contributed by atoms with Crippen molar-refractivity contribution in [3.8, 4) is 0 Å².